The van der Waals surface area contributed by atoms with Crippen molar-refractivity contribution in [1.82, 2.24) is 4.90 Å². The normalized spacial score (nSPS) is 11.4. The van der Waals surface area contributed by atoms with Gasteiger partial charge in [-0.05, 0) is 13.8 Å². The third kappa shape index (κ3) is 5.38. The average molecular weight is 194 g/mol. The molecule has 4 heteroatoms. The van der Waals surface area contributed by atoms with Crippen LogP contribution in [0.1, 0.15) is 20.3 Å². The van der Waals surface area contributed by atoms with Gasteiger partial charge in [0.2, 0.25) is 5.91 Å². The van der Waals surface area contributed by atoms with Crippen molar-refractivity contribution >= 4 is 17.5 Å². The summed E-state index contributed by atoms with van der Waals surface area (Å²) in [5, 5.41) is 9.38. The Morgan fingerprint density at radius 3 is 2.42 bits per heavy atom. The summed E-state index contributed by atoms with van der Waals surface area (Å²) in [5.74, 6) is 0.293. The molecule has 0 saturated heterocycles. The van der Waals surface area contributed by atoms with Crippen LogP contribution >= 0.6 is 11.6 Å². The van der Waals surface area contributed by atoms with Crippen molar-refractivity contribution in [3.8, 4) is 0 Å². The van der Waals surface area contributed by atoms with Crippen molar-refractivity contribution in [1.29, 1.82) is 0 Å². The lowest BCUT2D eigenvalue weighted by atomic mass is 10.1. The Morgan fingerprint density at radius 1 is 1.58 bits per heavy atom. The van der Waals surface area contributed by atoms with Crippen LogP contribution in [0.15, 0.2) is 0 Å². The minimum Gasteiger partial charge on any atom is -0.389 e. The highest BCUT2D eigenvalue weighted by atomic mass is 35.5. The van der Waals surface area contributed by atoms with E-state index >= 15 is 0 Å². The summed E-state index contributed by atoms with van der Waals surface area (Å²) in [4.78, 5) is 12.6. The van der Waals surface area contributed by atoms with Gasteiger partial charge >= 0.3 is 0 Å². The maximum absolute atomic E-state index is 11.2. The van der Waals surface area contributed by atoms with Crippen molar-refractivity contribution in [2.24, 2.45) is 0 Å². The molecule has 0 aliphatic heterocycles. The minimum absolute atomic E-state index is 0.0351. The van der Waals surface area contributed by atoms with Gasteiger partial charge in [0.05, 0.1) is 5.60 Å². The van der Waals surface area contributed by atoms with Crippen LogP contribution in [0.2, 0.25) is 0 Å². The summed E-state index contributed by atoms with van der Waals surface area (Å²) in [6.45, 7) is 3.66. The van der Waals surface area contributed by atoms with Crippen LogP contribution in [0.3, 0.4) is 0 Å². The Balaban J connectivity index is 3.87. The van der Waals surface area contributed by atoms with Gasteiger partial charge in [-0.2, -0.15) is 0 Å². The Kier molecular flexibility index (Phi) is 4.57. The quantitative estimate of drug-likeness (QED) is 0.673. The van der Waals surface area contributed by atoms with E-state index in [-0.39, 0.29) is 5.91 Å². The fourth-order valence-corrected chi connectivity index (χ4v) is 1.10. The predicted molar refractivity (Wildman–Crippen MR) is 49.3 cm³/mol. The molecule has 0 unspecified atom stereocenters. The van der Waals surface area contributed by atoms with E-state index in [9.17, 15) is 9.90 Å². The maximum atomic E-state index is 11.2. The van der Waals surface area contributed by atoms with Gasteiger partial charge < -0.3 is 10.0 Å². The molecule has 0 bridgehead atoms. The molecule has 0 aromatic carbocycles. The topological polar surface area (TPSA) is 40.5 Å². The molecule has 0 spiro atoms. The number of amides is 1. The number of hydrogen-bond acceptors (Lipinski definition) is 2. The third-order valence-corrected chi connectivity index (χ3v) is 1.55. The van der Waals surface area contributed by atoms with E-state index in [2.05, 4.69) is 0 Å². The van der Waals surface area contributed by atoms with Gasteiger partial charge in [0.15, 0.2) is 0 Å². The molecular formula is C8H16ClNO2. The average Bonchev–Trinajstić information content (AvgIpc) is 1.84. The smallest absolute Gasteiger partial charge is 0.223 e. The van der Waals surface area contributed by atoms with Gasteiger partial charge in [0.1, 0.15) is 0 Å². The molecule has 0 rings (SSSR count). The summed E-state index contributed by atoms with van der Waals surface area (Å²) in [5.41, 5.74) is -0.837. The molecule has 3 nitrogen and oxygen atoms in total. The highest BCUT2D eigenvalue weighted by Gasteiger charge is 2.18. The molecule has 0 aliphatic rings. The van der Waals surface area contributed by atoms with Gasteiger partial charge in [-0.25, -0.2) is 0 Å². The summed E-state index contributed by atoms with van der Waals surface area (Å²) in [6.07, 6.45) is 0.328. The number of likely N-dealkylation sites (N-methyl/N-ethyl adjacent to an activating group) is 1. The van der Waals surface area contributed by atoms with Crippen LogP contribution in [0.4, 0.5) is 0 Å². The van der Waals surface area contributed by atoms with Crippen LogP contribution < -0.4 is 0 Å². The van der Waals surface area contributed by atoms with Gasteiger partial charge in [0.25, 0.3) is 0 Å². The largest absolute Gasteiger partial charge is 0.389 e. The molecule has 0 radical (unpaired) electrons. The van der Waals surface area contributed by atoms with Crippen LogP contribution in [0, 0.1) is 0 Å². The standard InChI is InChI=1S/C8H16ClNO2/c1-8(2,12)6-10(3)7(11)4-5-9/h12H,4-6H2,1-3H3. The van der Waals surface area contributed by atoms with E-state index in [1.165, 1.54) is 4.90 Å². The zero-order chi connectivity index (χ0) is 9.78. The zero-order valence-corrected chi connectivity index (χ0v) is 8.56. The first-order valence-corrected chi connectivity index (χ1v) is 4.42. The predicted octanol–water partition coefficient (Wildman–Crippen LogP) is 0.845. The molecule has 0 heterocycles. The summed E-state index contributed by atoms with van der Waals surface area (Å²) >= 11 is 5.40. The monoisotopic (exact) mass is 193 g/mol. The summed E-state index contributed by atoms with van der Waals surface area (Å²) in [7, 11) is 1.66. The molecule has 1 N–H and O–H groups in total. The molecule has 0 aromatic rings. The minimum atomic E-state index is -0.837. The first kappa shape index (κ1) is 11.7. The van der Waals surface area contributed by atoms with Gasteiger partial charge in [-0.3, -0.25) is 4.79 Å². The van der Waals surface area contributed by atoms with Crippen molar-refractivity contribution < 1.29 is 9.90 Å². The second kappa shape index (κ2) is 4.67. The SMILES string of the molecule is CN(CC(C)(C)O)C(=O)CCCl. The molecule has 0 saturated carbocycles. The van der Waals surface area contributed by atoms with Crippen molar-refractivity contribution in [2.75, 3.05) is 19.5 Å². The molecule has 72 valence electrons. The van der Waals surface area contributed by atoms with Crippen LogP contribution in [0.25, 0.3) is 0 Å². The molecular weight excluding hydrogens is 178 g/mol. The second-order valence-corrected chi connectivity index (χ2v) is 3.88. The molecule has 0 fully saturated rings. The number of alkyl halides is 1. The van der Waals surface area contributed by atoms with Crippen LogP contribution in [0.5, 0.6) is 0 Å². The first-order chi connectivity index (χ1) is 5.37. The number of nitrogens with zero attached hydrogens (tertiary/aromatic N) is 1. The lowest BCUT2D eigenvalue weighted by molar-refractivity contribution is -0.132. The number of aliphatic hydroxyl groups is 1. The van der Waals surface area contributed by atoms with E-state index in [1.54, 1.807) is 20.9 Å². The maximum Gasteiger partial charge on any atom is 0.223 e. The highest BCUT2D eigenvalue weighted by molar-refractivity contribution is 6.18. The van der Waals surface area contributed by atoms with Gasteiger partial charge in [0, 0.05) is 25.9 Å². The number of halogens is 1. The molecule has 0 aromatic heterocycles. The molecule has 1 amide bonds. The number of carbonyl (C=O) groups excluding carboxylic acids is 1. The highest BCUT2D eigenvalue weighted by Crippen LogP contribution is 2.04. The zero-order valence-electron chi connectivity index (χ0n) is 7.80. The second-order valence-electron chi connectivity index (χ2n) is 3.50. The van der Waals surface area contributed by atoms with Crippen molar-refractivity contribution in [3.05, 3.63) is 0 Å². The van der Waals surface area contributed by atoms with E-state index in [4.69, 9.17) is 11.6 Å². The fraction of sp³-hybridized carbons (Fsp3) is 0.875. The lowest BCUT2D eigenvalue weighted by Gasteiger charge is -2.25. The van der Waals surface area contributed by atoms with E-state index in [0.717, 1.165) is 0 Å². The number of hydrogen-bond donors (Lipinski definition) is 1. The van der Waals surface area contributed by atoms with Crippen molar-refractivity contribution in [3.63, 3.8) is 0 Å². The summed E-state index contributed by atoms with van der Waals surface area (Å²) < 4.78 is 0. The molecule has 0 atom stereocenters. The Hall–Kier alpha value is -0.280. The van der Waals surface area contributed by atoms with Gasteiger partial charge in [-0.1, -0.05) is 0 Å². The fourth-order valence-electron chi connectivity index (χ4n) is 0.940. The van der Waals surface area contributed by atoms with E-state index in [1.807, 2.05) is 0 Å². The first-order valence-electron chi connectivity index (χ1n) is 3.89. The lowest BCUT2D eigenvalue weighted by Crippen LogP contribution is -2.39. The van der Waals surface area contributed by atoms with Crippen molar-refractivity contribution in [2.45, 2.75) is 25.9 Å². The third-order valence-electron chi connectivity index (χ3n) is 1.36. The Morgan fingerprint density at radius 2 is 2.08 bits per heavy atom. The Bertz CT molecular complexity index is 154. The Labute approximate surface area is 78.3 Å². The van der Waals surface area contributed by atoms with Crippen LogP contribution in [-0.4, -0.2) is 41.0 Å². The summed E-state index contributed by atoms with van der Waals surface area (Å²) in [6, 6.07) is 0. The molecule has 0 aliphatic carbocycles. The number of rotatable bonds is 4. The van der Waals surface area contributed by atoms with Gasteiger partial charge in [-0.15, -0.1) is 11.6 Å². The van der Waals surface area contributed by atoms with E-state index < -0.39 is 5.60 Å². The van der Waals surface area contributed by atoms with Crippen LogP contribution in [-0.2, 0) is 4.79 Å². The number of carbonyl (C=O) groups is 1. The van der Waals surface area contributed by atoms with E-state index in [0.29, 0.717) is 18.8 Å². The molecule has 12 heavy (non-hydrogen) atoms.